The van der Waals surface area contributed by atoms with Crippen molar-refractivity contribution in [2.45, 2.75) is 30.4 Å². The molecule has 36 heavy (non-hydrogen) atoms. The third-order valence-electron chi connectivity index (χ3n) is 5.86. The van der Waals surface area contributed by atoms with Crippen LogP contribution in [0, 0.1) is 12.8 Å². The van der Waals surface area contributed by atoms with E-state index in [1.54, 1.807) is 19.1 Å². The number of carbonyl (C=O) groups is 3. The number of imide groups is 1. The maximum atomic E-state index is 13.1. The van der Waals surface area contributed by atoms with Crippen LogP contribution in [0.5, 0.6) is 0 Å². The second-order valence-corrected chi connectivity index (χ2v) is 11.9. The fraction of sp³-hybridized carbons (Fsp3) is 0.250. The smallest absolute Gasteiger partial charge is 0.333 e. The van der Waals surface area contributed by atoms with Crippen LogP contribution in [0.3, 0.4) is 0 Å². The number of hydrogen-bond donors (Lipinski definition) is 3. The van der Waals surface area contributed by atoms with Crippen molar-refractivity contribution >= 4 is 56.4 Å². The summed E-state index contributed by atoms with van der Waals surface area (Å²) in [6.07, 6.45) is 3.76. The van der Waals surface area contributed by atoms with Crippen molar-refractivity contribution < 1.29 is 22.8 Å². The molecule has 10 nitrogen and oxygen atoms in total. The number of fused-ring (bicyclic) bond motifs is 1. The van der Waals surface area contributed by atoms with Crippen molar-refractivity contribution in [1.29, 1.82) is 0 Å². The van der Waals surface area contributed by atoms with Crippen LogP contribution in [0.4, 0.5) is 22.0 Å². The van der Waals surface area contributed by atoms with Crippen LogP contribution in [-0.4, -0.2) is 37.8 Å². The van der Waals surface area contributed by atoms with Gasteiger partial charge >= 0.3 is 6.03 Å². The molecule has 1 aliphatic carbocycles. The minimum absolute atomic E-state index is 0.0249. The summed E-state index contributed by atoms with van der Waals surface area (Å²) < 4.78 is 26.6. The number of anilines is 3. The molecule has 2 aliphatic rings. The highest BCUT2D eigenvalue weighted by Crippen LogP contribution is 2.30. The summed E-state index contributed by atoms with van der Waals surface area (Å²) in [4.78, 5) is 44.0. The van der Waals surface area contributed by atoms with Crippen LogP contribution in [0.25, 0.3) is 0 Å². The molecule has 12 heteroatoms. The van der Waals surface area contributed by atoms with Crippen molar-refractivity contribution in [3.05, 3.63) is 64.7 Å². The van der Waals surface area contributed by atoms with E-state index in [1.165, 1.54) is 37.2 Å². The standard InChI is InChI=1S/C24H23N5O5S2/c1-14-2-9-22(35-14)36(33,34)28-24(32)27-18-6-8-20(26-13-18)29-21(30)11-16-10-17(25-12-15-3-4-15)5-7-19(16)23(29)31/h2,5-10,13,15,25H,3-4,11-12H2,1H3,(H2,27,28,32). The average molecular weight is 526 g/mol. The van der Waals surface area contributed by atoms with E-state index in [9.17, 15) is 22.8 Å². The van der Waals surface area contributed by atoms with Crippen molar-refractivity contribution in [2.24, 2.45) is 5.92 Å². The molecule has 0 saturated heterocycles. The van der Waals surface area contributed by atoms with E-state index in [0.717, 1.165) is 33.3 Å². The van der Waals surface area contributed by atoms with Crippen LogP contribution in [-0.2, 0) is 21.2 Å². The van der Waals surface area contributed by atoms with E-state index < -0.39 is 27.9 Å². The van der Waals surface area contributed by atoms with Gasteiger partial charge in [0.25, 0.3) is 15.9 Å². The molecular weight excluding hydrogens is 502 g/mol. The van der Waals surface area contributed by atoms with Crippen molar-refractivity contribution in [2.75, 3.05) is 22.1 Å². The zero-order valence-electron chi connectivity index (χ0n) is 19.3. The lowest BCUT2D eigenvalue weighted by atomic mass is 9.97. The maximum absolute atomic E-state index is 13.1. The molecule has 0 radical (unpaired) electrons. The van der Waals surface area contributed by atoms with Gasteiger partial charge in [-0.2, -0.15) is 0 Å². The predicted octanol–water partition coefficient (Wildman–Crippen LogP) is 3.51. The van der Waals surface area contributed by atoms with Crippen LogP contribution < -0.4 is 20.3 Å². The third kappa shape index (κ3) is 5.09. The van der Waals surface area contributed by atoms with Crippen molar-refractivity contribution in [3.8, 4) is 0 Å². The Balaban J connectivity index is 1.25. The van der Waals surface area contributed by atoms with Gasteiger partial charge in [0.1, 0.15) is 10.0 Å². The van der Waals surface area contributed by atoms with Gasteiger partial charge in [-0.05, 0) is 73.7 Å². The first-order chi connectivity index (χ1) is 17.2. The van der Waals surface area contributed by atoms with E-state index in [4.69, 9.17) is 0 Å². The number of benzene rings is 1. The minimum Gasteiger partial charge on any atom is -0.385 e. The molecule has 1 fully saturated rings. The topological polar surface area (TPSA) is 138 Å². The molecule has 0 atom stereocenters. The Morgan fingerprint density at radius 3 is 2.56 bits per heavy atom. The van der Waals surface area contributed by atoms with Gasteiger partial charge in [-0.3, -0.25) is 9.59 Å². The summed E-state index contributed by atoms with van der Waals surface area (Å²) in [5.74, 6) is -0.0725. The quantitative estimate of drug-likeness (QED) is 0.401. The Bertz CT molecular complexity index is 1460. The second kappa shape index (κ2) is 9.36. The zero-order valence-corrected chi connectivity index (χ0v) is 20.9. The zero-order chi connectivity index (χ0) is 25.4. The highest BCUT2D eigenvalue weighted by atomic mass is 32.2. The van der Waals surface area contributed by atoms with Gasteiger partial charge in [-0.1, -0.05) is 0 Å². The molecule has 0 bridgehead atoms. The summed E-state index contributed by atoms with van der Waals surface area (Å²) in [5.41, 5.74) is 2.18. The fourth-order valence-electron chi connectivity index (χ4n) is 3.83. The number of thiophene rings is 1. The minimum atomic E-state index is -4.00. The van der Waals surface area contributed by atoms with E-state index in [2.05, 4.69) is 15.6 Å². The Labute approximate surface area is 211 Å². The number of aryl methyl sites for hydroxylation is 1. The van der Waals surface area contributed by atoms with Gasteiger partial charge in [-0.15, -0.1) is 11.3 Å². The number of pyridine rings is 1. The summed E-state index contributed by atoms with van der Waals surface area (Å²) in [6, 6.07) is 10.3. The Morgan fingerprint density at radius 2 is 1.89 bits per heavy atom. The molecule has 0 unspecified atom stereocenters. The van der Waals surface area contributed by atoms with Crippen LogP contribution in [0.2, 0.25) is 0 Å². The first kappa shape index (κ1) is 23.9. The number of carbonyl (C=O) groups excluding carboxylic acids is 3. The monoisotopic (exact) mass is 525 g/mol. The molecule has 1 aliphatic heterocycles. The van der Waals surface area contributed by atoms with Crippen molar-refractivity contribution in [1.82, 2.24) is 9.71 Å². The van der Waals surface area contributed by atoms with Crippen molar-refractivity contribution in [3.63, 3.8) is 0 Å². The van der Waals surface area contributed by atoms with Gasteiger partial charge in [0, 0.05) is 22.7 Å². The molecule has 3 aromatic rings. The first-order valence-corrected chi connectivity index (χ1v) is 13.6. The second-order valence-electron chi connectivity index (χ2n) is 8.74. The van der Waals surface area contributed by atoms with Gasteiger partial charge in [0.15, 0.2) is 0 Å². The van der Waals surface area contributed by atoms with Crippen LogP contribution in [0.1, 0.15) is 33.6 Å². The molecule has 5 rings (SSSR count). The summed E-state index contributed by atoms with van der Waals surface area (Å²) >= 11 is 1.05. The third-order valence-corrected chi connectivity index (χ3v) is 8.69. The number of sulfonamides is 1. The first-order valence-electron chi connectivity index (χ1n) is 11.3. The Kier molecular flexibility index (Phi) is 6.22. The SMILES string of the molecule is Cc1ccc(S(=O)(=O)NC(=O)Nc2ccc(N3C(=O)Cc4cc(NCC5CC5)ccc4C3=O)nc2)s1. The van der Waals surface area contributed by atoms with E-state index in [0.29, 0.717) is 17.0 Å². The number of aromatic nitrogens is 1. The van der Waals surface area contributed by atoms with Gasteiger partial charge in [0.05, 0.1) is 18.3 Å². The fourth-order valence-corrected chi connectivity index (χ4v) is 6.02. The number of amides is 4. The van der Waals surface area contributed by atoms with E-state index >= 15 is 0 Å². The molecule has 0 spiro atoms. The number of nitrogens with zero attached hydrogens (tertiary/aromatic N) is 2. The molecule has 186 valence electrons. The number of hydrogen-bond acceptors (Lipinski definition) is 8. The van der Waals surface area contributed by atoms with E-state index in [-0.39, 0.29) is 22.1 Å². The molecule has 3 N–H and O–H groups in total. The van der Waals surface area contributed by atoms with Gasteiger partial charge in [-0.25, -0.2) is 27.8 Å². The molecule has 1 saturated carbocycles. The number of urea groups is 1. The van der Waals surface area contributed by atoms with Crippen LogP contribution in [0.15, 0.2) is 52.9 Å². The Morgan fingerprint density at radius 1 is 1.11 bits per heavy atom. The normalized spacial score (nSPS) is 15.4. The maximum Gasteiger partial charge on any atom is 0.333 e. The summed E-state index contributed by atoms with van der Waals surface area (Å²) in [7, 11) is -4.00. The largest absolute Gasteiger partial charge is 0.385 e. The molecule has 2 aromatic heterocycles. The molecule has 1 aromatic carbocycles. The van der Waals surface area contributed by atoms with Gasteiger partial charge < -0.3 is 10.6 Å². The summed E-state index contributed by atoms with van der Waals surface area (Å²) in [5, 5.41) is 5.74. The van der Waals surface area contributed by atoms with Gasteiger partial charge in [0.2, 0.25) is 5.91 Å². The molecular formula is C24H23N5O5S2. The molecule has 4 amide bonds. The molecule has 3 heterocycles. The highest BCUT2D eigenvalue weighted by molar-refractivity contribution is 7.92. The Hall–Kier alpha value is -3.77. The highest BCUT2D eigenvalue weighted by Gasteiger charge is 2.33. The lowest BCUT2D eigenvalue weighted by molar-refractivity contribution is -0.117. The van der Waals surface area contributed by atoms with E-state index in [1.807, 2.05) is 16.9 Å². The average Bonchev–Trinajstić information content (AvgIpc) is 3.55. The van der Waals surface area contributed by atoms with Crippen LogP contribution >= 0.6 is 11.3 Å². The lowest BCUT2D eigenvalue weighted by Gasteiger charge is -2.26. The predicted molar refractivity (Wildman–Crippen MR) is 136 cm³/mol. The number of nitrogens with one attached hydrogen (secondary N) is 3. The lowest BCUT2D eigenvalue weighted by Crippen LogP contribution is -2.43. The summed E-state index contributed by atoms with van der Waals surface area (Å²) in [6.45, 7) is 2.65. The number of rotatable bonds is 7.